The minimum atomic E-state index is 0.142. The van der Waals surface area contributed by atoms with Crippen LogP contribution < -0.4 is 10.6 Å². The van der Waals surface area contributed by atoms with Gasteiger partial charge in [-0.05, 0) is 51.6 Å². The smallest absolute Gasteiger partial charge is 0.317 e. The zero-order valence-electron chi connectivity index (χ0n) is 10.2. The van der Waals surface area contributed by atoms with Gasteiger partial charge in [0.2, 0.25) is 0 Å². The Hall–Kier alpha value is -0.770. The van der Waals surface area contributed by atoms with Crippen molar-refractivity contribution in [3.63, 3.8) is 0 Å². The first-order valence-electron chi connectivity index (χ1n) is 6.56. The van der Waals surface area contributed by atoms with Crippen LogP contribution in [0.3, 0.4) is 0 Å². The van der Waals surface area contributed by atoms with Crippen LogP contribution in [0.4, 0.5) is 4.79 Å². The molecule has 1 heterocycles. The zero-order chi connectivity index (χ0) is 11.4. The maximum Gasteiger partial charge on any atom is 0.317 e. The highest BCUT2D eigenvalue weighted by molar-refractivity contribution is 5.74. The summed E-state index contributed by atoms with van der Waals surface area (Å²) < 4.78 is 0. The molecule has 16 heavy (non-hydrogen) atoms. The Morgan fingerprint density at radius 3 is 2.56 bits per heavy atom. The molecule has 2 amide bonds. The summed E-state index contributed by atoms with van der Waals surface area (Å²) in [4.78, 5) is 14.0. The van der Waals surface area contributed by atoms with Gasteiger partial charge >= 0.3 is 6.03 Å². The summed E-state index contributed by atoms with van der Waals surface area (Å²) in [7, 11) is 0. The highest BCUT2D eigenvalue weighted by Crippen LogP contribution is 2.28. The van der Waals surface area contributed by atoms with E-state index >= 15 is 0 Å². The number of carbonyl (C=O) groups excluding carboxylic acids is 1. The lowest BCUT2D eigenvalue weighted by Gasteiger charge is -2.30. The molecule has 2 rings (SSSR count). The molecule has 1 saturated heterocycles. The molecule has 92 valence electrons. The van der Waals surface area contributed by atoms with Crippen LogP contribution >= 0.6 is 0 Å². The molecule has 0 aromatic carbocycles. The summed E-state index contributed by atoms with van der Waals surface area (Å²) in [5.74, 6) is 0.699. The predicted octanol–water partition coefficient (Wildman–Crippen LogP) is 1.18. The molecule has 1 saturated carbocycles. The molecule has 4 nitrogen and oxygen atoms in total. The van der Waals surface area contributed by atoms with Gasteiger partial charge in [0.05, 0.1) is 0 Å². The highest BCUT2D eigenvalue weighted by Gasteiger charge is 2.33. The normalized spacial score (nSPS) is 21.8. The lowest BCUT2D eigenvalue weighted by Crippen LogP contribution is -2.45. The van der Waals surface area contributed by atoms with E-state index in [1.165, 1.54) is 25.7 Å². The summed E-state index contributed by atoms with van der Waals surface area (Å²) in [6, 6.07) is 0.671. The number of nitrogens with one attached hydrogen (secondary N) is 2. The highest BCUT2D eigenvalue weighted by atomic mass is 16.2. The van der Waals surface area contributed by atoms with Crippen molar-refractivity contribution in [2.24, 2.45) is 5.92 Å². The van der Waals surface area contributed by atoms with Crippen molar-refractivity contribution in [3.05, 3.63) is 0 Å². The van der Waals surface area contributed by atoms with Crippen LogP contribution in [-0.2, 0) is 0 Å². The second-order valence-electron chi connectivity index (χ2n) is 4.91. The average molecular weight is 225 g/mol. The van der Waals surface area contributed by atoms with Crippen molar-refractivity contribution >= 4 is 6.03 Å². The van der Waals surface area contributed by atoms with Crippen LogP contribution in [0.2, 0.25) is 0 Å². The number of carbonyl (C=O) groups is 1. The molecule has 1 aliphatic heterocycles. The third kappa shape index (κ3) is 3.11. The fourth-order valence-corrected chi connectivity index (χ4v) is 2.38. The summed E-state index contributed by atoms with van der Waals surface area (Å²) in [6.07, 6.45) is 4.81. The Kier molecular flexibility index (Phi) is 4.04. The quantitative estimate of drug-likeness (QED) is 0.754. The van der Waals surface area contributed by atoms with Gasteiger partial charge in [-0.25, -0.2) is 4.79 Å². The van der Waals surface area contributed by atoms with Crippen LogP contribution in [0.15, 0.2) is 0 Å². The largest absolute Gasteiger partial charge is 0.338 e. The molecule has 2 N–H and O–H groups in total. The van der Waals surface area contributed by atoms with Crippen molar-refractivity contribution in [2.45, 2.75) is 38.6 Å². The minimum Gasteiger partial charge on any atom is -0.338 e. The number of urea groups is 1. The molecular weight excluding hydrogens is 202 g/mol. The third-order valence-electron chi connectivity index (χ3n) is 3.49. The lowest BCUT2D eigenvalue weighted by molar-refractivity contribution is 0.176. The van der Waals surface area contributed by atoms with Crippen molar-refractivity contribution in [1.82, 2.24) is 15.5 Å². The maximum atomic E-state index is 11.9. The summed E-state index contributed by atoms with van der Waals surface area (Å²) in [5.41, 5.74) is 0. The van der Waals surface area contributed by atoms with Crippen LogP contribution in [0.5, 0.6) is 0 Å². The van der Waals surface area contributed by atoms with Crippen molar-refractivity contribution in [2.75, 3.05) is 26.2 Å². The molecular formula is C12H23N3O. The molecule has 0 aromatic heterocycles. The van der Waals surface area contributed by atoms with Gasteiger partial charge < -0.3 is 15.5 Å². The Bertz CT molecular complexity index is 234. The van der Waals surface area contributed by atoms with Gasteiger partial charge in [0.25, 0.3) is 0 Å². The fraction of sp³-hybridized carbons (Fsp3) is 0.917. The van der Waals surface area contributed by atoms with Crippen LogP contribution in [0.25, 0.3) is 0 Å². The van der Waals surface area contributed by atoms with E-state index in [9.17, 15) is 4.79 Å². The molecule has 2 fully saturated rings. The number of hydrogen-bond acceptors (Lipinski definition) is 2. The standard InChI is InChI=1S/C12H23N3O/c1-2-14-12(16)15(11-3-4-11)9-10-5-7-13-8-6-10/h10-11,13H,2-9H2,1H3,(H,14,16). The van der Waals surface area contributed by atoms with E-state index in [1.807, 2.05) is 6.92 Å². The number of piperidine rings is 1. The molecule has 0 unspecified atom stereocenters. The monoisotopic (exact) mass is 225 g/mol. The molecule has 0 bridgehead atoms. The molecule has 1 aliphatic carbocycles. The van der Waals surface area contributed by atoms with E-state index in [1.54, 1.807) is 0 Å². The van der Waals surface area contributed by atoms with Crippen LogP contribution in [-0.4, -0.2) is 43.2 Å². The van der Waals surface area contributed by atoms with Gasteiger partial charge in [-0.2, -0.15) is 0 Å². The first-order valence-corrected chi connectivity index (χ1v) is 6.56. The number of amides is 2. The maximum absolute atomic E-state index is 11.9. The van der Waals surface area contributed by atoms with Gasteiger partial charge in [0, 0.05) is 19.1 Å². The molecule has 0 radical (unpaired) electrons. The van der Waals surface area contributed by atoms with Crippen molar-refractivity contribution < 1.29 is 4.79 Å². The van der Waals surface area contributed by atoms with Gasteiger partial charge in [-0.15, -0.1) is 0 Å². The fourth-order valence-electron chi connectivity index (χ4n) is 2.38. The Morgan fingerprint density at radius 2 is 2.00 bits per heavy atom. The molecule has 0 spiro atoms. The number of nitrogens with zero attached hydrogens (tertiary/aromatic N) is 1. The van der Waals surface area contributed by atoms with E-state index < -0.39 is 0 Å². The number of hydrogen-bond donors (Lipinski definition) is 2. The Balaban J connectivity index is 1.83. The first kappa shape index (κ1) is 11.7. The van der Waals surface area contributed by atoms with Crippen molar-refractivity contribution in [3.8, 4) is 0 Å². The second kappa shape index (κ2) is 5.53. The van der Waals surface area contributed by atoms with E-state index in [0.29, 0.717) is 12.0 Å². The van der Waals surface area contributed by atoms with Crippen molar-refractivity contribution in [1.29, 1.82) is 0 Å². The average Bonchev–Trinajstić information content (AvgIpc) is 3.11. The molecule has 0 aromatic rings. The molecule has 0 atom stereocenters. The van der Waals surface area contributed by atoms with Crippen LogP contribution in [0.1, 0.15) is 32.6 Å². The lowest BCUT2D eigenvalue weighted by atomic mass is 9.97. The third-order valence-corrected chi connectivity index (χ3v) is 3.49. The van der Waals surface area contributed by atoms with Crippen LogP contribution in [0, 0.1) is 5.92 Å². The summed E-state index contributed by atoms with van der Waals surface area (Å²) >= 11 is 0. The number of rotatable bonds is 4. The predicted molar refractivity (Wildman–Crippen MR) is 64.4 cm³/mol. The summed E-state index contributed by atoms with van der Waals surface area (Å²) in [6.45, 7) is 5.89. The SMILES string of the molecule is CCNC(=O)N(CC1CCNCC1)C1CC1. The Morgan fingerprint density at radius 1 is 1.31 bits per heavy atom. The Labute approximate surface area is 97.8 Å². The van der Waals surface area contributed by atoms with E-state index in [-0.39, 0.29) is 6.03 Å². The minimum absolute atomic E-state index is 0.142. The molecule has 4 heteroatoms. The zero-order valence-corrected chi connectivity index (χ0v) is 10.2. The van der Waals surface area contributed by atoms with Gasteiger partial charge in [-0.1, -0.05) is 0 Å². The second-order valence-corrected chi connectivity index (χ2v) is 4.91. The van der Waals surface area contributed by atoms with E-state index in [2.05, 4.69) is 15.5 Å². The molecule has 2 aliphatic rings. The first-order chi connectivity index (χ1) is 7.81. The van der Waals surface area contributed by atoms with Gasteiger partial charge in [0.1, 0.15) is 0 Å². The van der Waals surface area contributed by atoms with Gasteiger partial charge in [-0.3, -0.25) is 0 Å². The summed E-state index contributed by atoms with van der Waals surface area (Å²) in [5, 5.41) is 6.30. The van der Waals surface area contributed by atoms with Gasteiger partial charge in [0.15, 0.2) is 0 Å². The van der Waals surface area contributed by atoms with E-state index in [0.717, 1.165) is 26.2 Å². The van der Waals surface area contributed by atoms with E-state index in [4.69, 9.17) is 0 Å². The topological polar surface area (TPSA) is 44.4 Å².